The third-order valence-electron chi connectivity index (χ3n) is 11.3. The van der Waals surface area contributed by atoms with Crippen LogP contribution < -0.4 is 0 Å². The Morgan fingerprint density at radius 1 is 0.896 bits per heavy atom. The smallest absolute Gasteiger partial charge is 0.311 e. The first kappa shape index (κ1) is 41.0. The van der Waals surface area contributed by atoms with E-state index < -0.39 is 59.9 Å². The number of Topliss-reactive ketones (excluding diaryl/α,β-unsaturated/α-hetero) is 1. The van der Waals surface area contributed by atoms with Gasteiger partial charge in [-0.2, -0.15) is 0 Å². The second-order valence-corrected chi connectivity index (χ2v) is 16.2. The molecule has 15 unspecified atom stereocenters. The van der Waals surface area contributed by atoms with Crippen LogP contribution in [0.1, 0.15) is 108 Å². The number of ketones is 1. The molecule has 0 radical (unpaired) electrons. The Morgan fingerprint density at radius 2 is 1.54 bits per heavy atom. The number of methoxy groups -OCH3 is 1. The van der Waals surface area contributed by atoms with Gasteiger partial charge in [-0.05, 0) is 85.9 Å². The van der Waals surface area contributed by atoms with Crippen molar-refractivity contribution in [2.45, 2.75) is 168 Å². The predicted molar refractivity (Wildman–Crippen MR) is 185 cm³/mol. The summed E-state index contributed by atoms with van der Waals surface area (Å²) in [5, 5.41) is 11.6. The fourth-order valence-corrected chi connectivity index (χ4v) is 8.44. The third kappa shape index (κ3) is 9.89. The first-order valence-electron chi connectivity index (χ1n) is 18.2. The lowest BCUT2D eigenvalue weighted by molar-refractivity contribution is -0.275. The van der Waals surface area contributed by atoms with E-state index in [9.17, 15) is 14.7 Å². The van der Waals surface area contributed by atoms with E-state index in [0.717, 1.165) is 12.0 Å². The summed E-state index contributed by atoms with van der Waals surface area (Å²) >= 11 is 0. The number of ether oxygens (including phenoxy) is 6. The second kappa shape index (κ2) is 16.7. The maximum Gasteiger partial charge on any atom is 0.311 e. The summed E-state index contributed by atoms with van der Waals surface area (Å²) in [7, 11) is 5.76. The second-order valence-electron chi connectivity index (χ2n) is 16.2. The molecule has 10 nitrogen and oxygen atoms in total. The zero-order chi connectivity index (χ0) is 36.3. The molecule has 0 saturated carbocycles. The zero-order valence-corrected chi connectivity index (χ0v) is 32.1. The lowest BCUT2D eigenvalue weighted by Gasteiger charge is -2.46. The van der Waals surface area contributed by atoms with E-state index in [1.807, 2.05) is 69.5 Å². The van der Waals surface area contributed by atoms with E-state index in [4.69, 9.17) is 28.4 Å². The van der Waals surface area contributed by atoms with Crippen molar-refractivity contribution < 1.29 is 43.1 Å². The first-order chi connectivity index (χ1) is 22.2. The van der Waals surface area contributed by atoms with Crippen LogP contribution in [0.2, 0.25) is 0 Å². The van der Waals surface area contributed by atoms with Crippen LogP contribution in [0.4, 0.5) is 0 Å². The molecule has 10 heteroatoms. The minimum Gasteiger partial charge on any atom is -0.459 e. The molecule has 0 aromatic rings. The fraction of sp³-hybridized carbons (Fsp3) is 0.895. The number of hydrogen-bond acceptors (Lipinski definition) is 10. The fourth-order valence-electron chi connectivity index (χ4n) is 8.44. The predicted octanol–water partition coefficient (Wildman–Crippen LogP) is 5.92. The summed E-state index contributed by atoms with van der Waals surface area (Å²) in [5.74, 6) is -2.36. The molecule has 0 spiro atoms. The van der Waals surface area contributed by atoms with Crippen molar-refractivity contribution in [3.05, 3.63) is 12.2 Å². The highest BCUT2D eigenvalue weighted by molar-refractivity contribution is 5.83. The van der Waals surface area contributed by atoms with Crippen LogP contribution in [-0.2, 0) is 38.0 Å². The minimum atomic E-state index is -1.39. The maximum absolute atomic E-state index is 14.0. The van der Waals surface area contributed by atoms with Crippen LogP contribution in [-0.4, -0.2) is 103 Å². The summed E-state index contributed by atoms with van der Waals surface area (Å²) < 4.78 is 38.4. The van der Waals surface area contributed by atoms with Gasteiger partial charge in [-0.25, -0.2) is 0 Å². The summed E-state index contributed by atoms with van der Waals surface area (Å²) in [6, 6.07) is 0.0767. The van der Waals surface area contributed by atoms with Gasteiger partial charge in [-0.1, -0.05) is 41.2 Å². The largest absolute Gasteiger partial charge is 0.459 e. The number of carbonyl (C=O) groups excluding carboxylic acids is 2. The first-order valence-corrected chi connectivity index (χ1v) is 18.2. The lowest BCUT2D eigenvalue weighted by Crippen LogP contribution is -2.53. The number of hydrogen-bond donors (Lipinski definition) is 1. The molecule has 1 N–H and O–H groups in total. The minimum absolute atomic E-state index is 0.0538. The summed E-state index contributed by atoms with van der Waals surface area (Å²) in [4.78, 5) is 29.9. The molecule has 3 aliphatic rings. The number of rotatable bonds is 7. The molecule has 0 bridgehead atoms. The highest BCUT2D eigenvalue weighted by Crippen LogP contribution is 2.39. The number of carbonyl (C=O) groups is 2. The monoisotopic (exact) mass is 681 g/mol. The standard InChI is InChI=1S/C38H67NO9/c1-15-30-38(11,42)18-23(4)32(40)21(2)16-22(3)33(48-36-26(7)29(39(12)13)17-24(5)45-36)27(8)34(28(9)35(41)46-30)47-31-20-37(10,43-14)19-25(6)44-31/h21-25,27-31,33-34,36,42H,7,15-20H2,1-6,8-14H3. The SMILES string of the molecule is C=C1C(OC2C(C)CC(C)C(=O)C(C)CC(C)(O)C(CC)OC(=O)C(C)C(OC3CC(C)(OC)CC(C)O3)C2C)OC(C)CC1N(C)C. The van der Waals surface area contributed by atoms with Crippen LogP contribution in [0.15, 0.2) is 12.2 Å². The lowest BCUT2D eigenvalue weighted by atomic mass is 9.76. The molecule has 48 heavy (non-hydrogen) atoms. The molecule has 0 aliphatic carbocycles. The molecule has 3 rings (SSSR count). The van der Waals surface area contributed by atoms with Gasteiger partial charge in [0.1, 0.15) is 11.9 Å². The normalized spacial score (nSPS) is 45.9. The van der Waals surface area contributed by atoms with Crippen LogP contribution in [0.3, 0.4) is 0 Å². The topological polar surface area (TPSA) is 113 Å². The Morgan fingerprint density at radius 3 is 2.12 bits per heavy atom. The maximum atomic E-state index is 14.0. The van der Waals surface area contributed by atoms with Gasteiger partial charge < -0.3 is 38.4 Å². The van der Waals surface area contributed by atoms with E-state index in [1.54, 1.807) is 14.0 Å². The summed E-state index contributed by atoms with van der Waals surface area (Å²) in [6.07, 6.45) is -0.323. The van der Waals surface area contributed by atoms with Crippen molar-refractivity contribution in [2.75, 3.05) is 21.2 Å². The highest BCUT2D eigenvalue weighted by atomic mass is 16.7. The van der Waals surface area contributed by atoms with Gasteiger partial charge >= 0.3 is 5.97 Å². The van der Waals surface area contributed by atoms with Gasteiger partial charge in [0.2, 0.25) is 0 Å². The van der Waals surface area contributed by atoms with Gasteiger partial charge in [0.05, 0.1) is 41.5 Å². The molecule has 3 heterocycles. The Balaban J connectivity index is 2.10. The molecule has 278 valence electrons. The number of nitrogens with zero attached hydrogens (tertiary/aromatic N) is 1. The highest BCUT2D eigenvalue weighted by Gasteiger charge is 2.47. The van der Waals surface area contributed by atoms with Crippen molar-refractivity contribution in [2.24, 2.45) is 29.6 Å². The molecule has 0 amide bonds. The van der Waals surface area contributed by atoms with Crippen molar-refractivity contribution in [3.63, 3.8) is 0 Å². The van der Waals surface area contributed by atoms with Gasteiger partial charge in [0.25, 0.3) is 0 Å². The quantitative estimate of drug-likeness (QED) is 0.257. The van der Waals surface area contributed by atoms with Crippen molar-refractivity contribution in [1.29, 1.82) is 0 Å². The van der Waals surface area contributed by atoms with Crippen LogP contribution in [0, 0.1) is 29.6 Å². The average molecular weight is 682 g/mol. The third-order valence-corrected chi connectivity index (χ3v) is 11.3. The number of aliphatic hydroxyl groups is 1. The van der Waals surface area contributed by atoms with Gasteiger partial charge in [-0.15, -0.1) is 0 Å². The van der Waals surface area contributed by atoms with Crippen LogP contribution in [0.25, 0.3) is 0 Å². The molecule has 0 aromatic carbocycles. The zero-order valence-electron chi connectivity index (χ0n) is 32.1. The molecule has 3 fully saturated rings. The molecule has 15 atom stereocenters. The van der Waals surface area contributed by atoms with Crippen molar-refractivity contribution in [1.82, 2.24) is 4.90 Å². The number of cyclic esters (lactones) is 1. The average Bonchev–Trinajstić information content (AvgIpc) is 2.99. The van der Waals surface area contributed by atoms with Crippen molar-refractivity contribution in [3.8, 4) is 0 Å². The van der Waals surface area contributed by atoms with E-state index >= 15 is 0 Å². The molecular formula is C38H67NO9. The number of likely N-dealkylation sites (N-methyl/N-ethyl adjacent to an activating group) is 1. The van der Waals surface area contributed by atoms with Crippen LogP contribution in [0.5, 0.6) is 0 Å². The number of esters is 1. The molecule has 0 aromatic heterocycles. The van der Waals surface area contributed by atoms with Crippen molar-refractivity contribution >= 4 is 11.8 Å². The Labute approximate surface area is 290 Å². The van der Waals surface area contributed by atoms with E-state index in [-0.39, 0.29) is 48.2 Å². The van der Waals surface area contributed by atoms with Crippen LogP contribution >= 0.6 is 0 Å². The van der Waals surface area contributed by atoms with Gasteiger partial charge in [0, 0.05) is 43.7 Å². The van der Waals surface area contributed by atoms with E-state index in [0.29, 0.717) is 25.7 Å². The molecular weight excluding hydrogens is 614 g/mol. The van der Waals surface area contributed by atoms with E-state index in [1.165, 1.54) is 0 Å². The Kier molecular flexibility index (Phi) is 14.3. The van der Waals surface area contributed by atoms with Gasteiger partial charge in [-0.3, -0.25) is 9.59 Å². The van der Waals surface area contributed by atoms with E-state index in [2.05, 4.69) is 18.4 Å². The van der Waals surface area contributed by atoms with Gasteiger partial charge in [0.15, 0.2) is 12.6 Å². The molecule has 3 aliphatic heterocycles. The molecule has 3 saturated heterocycles. The Hall–Kier alpha value is -1.40. The summed E-state index contributed by atoms with van der Waals surface area (Å²) in [6.45, 7) is 23.8. The Bertz CT molecular complexity index is 1100. The summed E-state index contributed by atoms with van der Waals surface area (Å²) in [5.41, 5.74) is -1.00.